The van der Waals surface area contributed by atoms with Crippen molar-refractivity contribution in [2.45, 2.75) is 46.5 Å². The number of hydrogen-bond acceptors (Lipinski definition) is 6. The quantitative estimate of drug-likeness (QED) is 0.305. The molecule has 0 aliphatic heterocycles. The lowest BCUT2D eigenvalue weighted by Crippen LogP contribution is -2.25. The molecular formula is C13H28NO3PS2. The molecule has 0 bridgehead atoms. The zero-order valence-corrected chi connectivity index (χ0v) is 15.4. The van der Waals surface area contributed by atoms with E-state index in [1.807, 2.05) is 0 Å². The first-order chi connectivity index (χ1) is 9.58. The van der Waals surface area contributed by atoms with Crippen LogP contribution in [-0.4, -0.2) is 36.9 Å². The van der Waals surface area contributed by atoms with E-state index >= 15 is 0 Å². The van der Waals surface area contributed by atoms with Crippen molar-refractivity contribution >= 4 is 34.3 Å². The van der Waals surface area contributed by atoms with Gasteiger partial charge in [0.05, 0.1) is 19.4 Å². The van der Waals surface area contributed by atoms with Gasteiger partial charge in [0.15, 0.2) is 0 Å². The molecule has 0 saturated carbocycles. The van der Waals surface area contributed by atoms with E-state index in [-0.39, 0.29) is 12.5 Å². The van der Waals surface area contributed by atoms with Gasteiger partial charge in [0, 0.05) is 11.5 Å². The van der Waals surface area contributed by atoms with Gasteiger partial charge in [-0.2, -0.15) is 0 Å². The first-order valence-electron chi connectivity index (χ1n) is 7.32. The summed E-state index contributed by atoms with van der Waals surface area (Å²) in [5, 5.41) is 2.99. The molecule has 0 heterocycles. The second-order valence-corrected chi connectivity index (χ2v) is 13.0. The van der Waals surface area contributed by atoms with Gasteiger partial charge in [-0.3, -0.25) is 14.7 Å². The van der Waals surface area contributed by atoms with Gasteiger partial charge in [0.1, 0.15) is 0 Å². The topological polar surface area (TPSA) is 55.4 Å². The first kappa shape index (κ1) is 20.4. The Hall–Kier alpha value is 0.360. The second kappa shape index (κ2) is 13.1. The zero-order chi connectivity index (χ0) is 15.3. The van der Waals surface area contributed by atoms with E-state index in [2.05, 4.69) is 19.2 Å². The van der Waals surface area contributed by atoms with Crippen LogP contribution in [0.15, 0.2) is 0 Å². The fourth-order valence-corrected chi connectivity index (χ4v) is 9.14. The van der Waals surface area contributed by atoms with Crippen LogP contribution in [0, 0.1) is 0 Å². The number of carbonyl (C=O) groups is 1. The van der Waals surface area contributed by atoms with Gasteiger partial charge >= 0.3 is 5.97 Å². The van der Waals surface area contributed by atoms with Crippen molar-refractivity contribution < 1.29 is 14.1 Å². The van der Waals surface area contributed by atoms with E-state index in [0.29, 0.717) is 12.9 Å². The molecule has 0 radical (unpaired) electrons. The highest BCUT2D eigenvalue weighted by molar-refractivity contribution is 8.90. The number of unbranched alkanes of at least 4 members (excludes halogenated alkanes) is 2. The monoisotopic (exact) mass is 341 g/mol. The van der Waals surface area contributed by atoms with Gasteiger partial charge in [0.2, 0.25) is 5.55 Å². The molecule has 0 aromatic heterocycles. The van der Waals surface area contributed by atoms with Crippen LogP contribution >= 0.6 is 28.3 Å². The largest absolute Gasteiger partial charge is 0.465 e. The number of ether oxygens (including phenoxy) is 1. The third-order valence-corrected chi connectivity index (χ3v) is 10.9. The van der Waals surface area contributed by atoms with E-state index in [1.54, 1.807) is 29.7 Å². The normalized spacial score (nSPS) is 11.6. The summed E-state index contributed by atoms with van der Waals surface area (Å²) in [7, 11) is 0. The van der Waals surface area contributed by atoms with E-state index in [1.165, 1.54) is 0 Å². The summed E-state index contributed by atoms with van der Waals surface area (Å²) in [6, 6.07) is 0. The first-order valence-corrected chi connectivity index (χ1v) is 12.4. The molecule has 0 amide bonds. The van der Waals surface area contributed by atoms with Crippen molar-refractivity contribution in [3.8, 4) is 0 Å². The molecule has 0 aromatic rings. The Bertz CT molecular complexity index is 289. The predicted molar refractivity (Wildman–Crippen MR) is 91.8 cm³/mol. The van der Waals surface area contributed by atoms with Crippen molar-refractivity contribution in [1.82, 2.24) is 5.32 Å². The fraction of sp³-hybridized carbons (Fsp3) is 0.923. The summed E-state index contributed by atoms with van der Waals surface area (Å²) in [5.74, 6) is 1.57. The Balaban J connectivity index is 4.14. The minimum atomic E-state index is -2.34. The average Bonchev–Trinajstić information content (AvgIpc) is 2.40. The molecule has 0 fully saturated rings. The molecule has 0 aromatic carbocycles. The SMILES string of the molecule is CCCCSP(=O)(CNCC(=O)OCC)SCCCC. The van der Waals surface area contributed by atoms with Crippen molar-refractivity contribution in [3.05, 3.63) is 0 Å². The Morgan fingerprint density at radius 2 is 1.65 bits per heavy atom. The highest BCUT2D eigenvalue weighted by Gasteiger charge is 2.23. The molecule has 120 valence electrons. The maximum absolute atomic E-state index is 12.8. The maximum atomic E-state index is 12.8. The lowest BCUT2D eigenvalue weighted by atomic mass is 10.4. The molecular weight excluding hydrogens is 313 g/mol. The standard InChI is InChI=1S/C13H28NO3PS2/c1-4-7-9-19-18(16,20-10-8-5-2)12-14-11-13(15)17-6-3/h14H,4-12H2,1-3H3. The van der Waals surface area contributed by atoms with Gasteiger partial charge in [-0.05, 0) is 19.8 Å². The van der Waals surface area contributed by atoms with E-state index in [9.17, 15) is 9.36 Å². The Morgan fingerprint density at radius 1 is 1.10 bits per heavy atom. The van der Waals surface area contributed by atoms with Crippen LogP contribution in [0.25, 0.3) is 0 Å². The van der Waals surface area contributed by atoms with Crippen molar-refractivity contribution in [1.29, 1.82) is 0 Å². The Morgan fingerprint density at radius 3 is 2.10 bits per heavy atom. The fourth-order valence-electron chi connectivity index (χ4n) is 1.33. The molecule has 0 spiro atoms. The van der Waals surface area contributed by atoms with Crippen molar-refractivity contribution in [2.24, 2.45) is 0 Å². The minimum absolute atomic E-state index is 0.139. The third kappa shape index (κ3) is 11.1. The highest BCUT2D eigenvalue weighted by atomic mass is 33.1. The number of hydrogen-bond donors (Lipinski definition) is 1. The Labute approximate surface area is 131 Å². The van der Waals surface area contributed by atoms with Gasteiger partial charge < -0.3 is 4.74 Å². The smallest absolute Gasteiger partial charge is 0.319 e. The summed E-state index contributed by atoms with van der Waals surface area (Å²) in [6.45, 7) is 6.57. The van der Waals surface area contributed by atoms with Gasteiger partial charge in [-0.1, -0.05) is 49.5 Å². The molecule has 0 rings (SSSR count). The molecule has 0 aliphatic carbocycles. The summed E-state index contributed by atoms with van der Waals surface area (Å²) in [5.41, 5.74) is -2.34. The van der Waals surface area contributed by atoms with E-state index in [4.69, 9.17) is 4.74 Å². The van der Waals surface area contributed by atoms with Crippen LogP contribution in [0.5, 0.6) is 0 Å². The summed E-state index contributed by atoms with van der Waals surface area (Å²) in [4.78, 5) is 11.3. The lowest BCUT2D eigenvalue weighted by Gasteiger charge is -2.17. The molecule has 0 atom stereocenters. The number of esters is 1. The molecule has 7 heteroatoms. The van der Waals surface area contributed by atoms with Crippen molar-refractivity contribution in [3.63, 3.8) is 0 Å². The average molecular weight is 341 g/mol. The summed E-state index contributed by atoms with van der Waals surface area (Å²) >= 11 is 3.14. The zero-order valence-electron chi connectivity index (χ0n) is 12.9. The van der Waals surface area contributed by atoms with Crippen LogP contribution < -0.4 is 5.32 Å². The predicted octanol–water partition coefficient (Wildman–Crippen LogP) is 4.36. The van der Waals surface area contributed by atoms with Gasteiger partial charge in [-0.25, -0.2) is 0 Å². The lowest BCUT2D eigenvalue weighted by molar-refractivity contribution is -0.141. The molecule has 0 unspecified atom stereocenters. The van der Waals surface area contributed by atoms with Gasteiger partial charge in [0.25, 0.3) is 0 Å². The molecule has 1 N–H and O–H groups in total. The van der Waals surface area contributed by atoms with E-state index < -0.39 is 5.55 Å². The van der Waals surface area contributed by atoms with E-state index in [0.717, 1.165) is 37.2 Å². The minimum Gasteiger partial charge on any atom is -0.465 e. The number of carbonyl (C=O) groups excluding carboxylic acids is 1. The van der Waals surface area contributed by atoms with Gasteiger partial charge in [-0.15, -0.1) is 0 Å². The van der Waals surface area contributed by atoms with Crippen LogP contribution in [0.3, 0.4) is 0 Å². The third-order valence-electron chi connectivity index (χ3n) is 2.45. The molecule has 20 heavy (non-hydrogen) atoms. The molecule has 0 aliphatic rings. The highest BCUT2D eigenvalue weighted by Crippen LogP contribution is 2.68. The maximum Gasteiger partial charge on any atom is 0.319 e. The summed E-state index contributed by atoms with van der Waals surface area (Å²) in [6.07, 6.45) is 4.79. The number of nitrogens with one attached hydrogen (secondary N) is 1. The second-order valence-electron chi connectivity index (χ2n) is 4.37. The van der Waals surface area contributed by atoms with Crippen LogP contribution in [0.1, 0.15) is 46.5 Å². The van der Waals surface area contributed by atoms with Crippen LogP contribution in [0.2, 0.25) is 0 Å². The number of rotatable bonds is 13. The molecule has 0 saturated heterocycles. The van der Waals surface area contributed by atoms with Crippen molar-refractivity contribution in [2.75, 3.05) is 30.9 Å². The summed E-state index contributed by atoms with van der Waals surface area (Å²) < 4.78 is 17.7. The Kier molecular flexibility index (Phi) is 13.3. The molecule has 4 nitrogen and oxygen atoms in total. The van der Waals surface area contributed by atoms with Crippen LogP contribution in [0.4, 0.5) is 0 Å². The van der Waals surface area contributed by atoms with Crippen LogP contribution in [-0.2, 0) is 14.1 Å².